The average Bonchev–Trinajstić information content (AvgIpc) is 3.73. The van der Waals surface area contributed by atoms with E-state index in [4.69, 9.17) is 9.47 Å². The summed E-state index contributed by atoms with van der Waals surface area (Å²) in [4.78, 5) is 13.3. The fourth-order valence-corrected chi connectivity index (χ4v) is 12.2. The van der Waals surface area contributed by atoms with E-state index in [1.165, 1.54) is 276 Å². The van der Waals surface area contributed by atoms with Gasteiger partial charge in [0.25, 0.3) is 0 Å². The van der Waals surface area contributed by atoms with Crippen LogP contribution in [0, 0.1) is 0 Å². The molecule has 1 aliphatic rings. The van der Waals surface area contributed by atoms with Crippen LogP contribution in [0.2, 0.25) is 0 Å². The summed E-state index contributed by atoms with van der Waals surface area (Å²) in [6.07, 6.45) is 75.0. The molecule has 9 atom stereocenters. The highest BCUT2D eigenvalue weighted by Gasteiger charge is 2.44. The third-order valence-electron chi connectivity index (χ3n) is 18.3. The molecule has 1 aliphatic heterocycles. The fraction of sp³-hybridized carbons (Fsp3) is 0.883. The van der Waals surface area contributed by atoms with Crippen molar-refractivity contribution in [3.05, 3.63) is 48.6 Å². The van der Waals surface area contributed by atoms with Crippen molar-refractivity contribution in [1.82, 2.24) is 5.32 Å². The Bertz CT molecular complexity index is 1570. The Morgan fingerprint density at radius 1 is 0.386 bits per heavy atom. The first-order chi connectivity index (χ1) is 43.2. The van der Waals surface area contributed by atoms with Gasteiger partial charge in [0, 0.05) is 0 Å². The van der Waals surface area contributed by atoms with Crippen LogP contribution in [0.25, 0.3) is 0 Å². The van der Waals surface area contributed by atoms with E-state index in [1.807, 2.05) is 0 Å². The molecule has 0 spiro atoms. The van der Waals surface area contributed by atoms with Gasteiger partial charge in [-0.3, -0.25) is 4.79 Å². The maximum atomic E-state index is 13.3. The molecule has 0 aliphatic carbocycles. The Hall–Kier alpha value is -1.93. The van der Waals surface area contributed by atoms with Gasteiger partial charge in [0.05, 0.1) is 25.4 Å². The topological polar surface area (TPSA) is 189 Å². The number of aliphatic hydroxyl groups is 7. The number of hydrogen-bond donors (Lipinski definition) is 8. The monoisotopic (exact) mass is 1240 g/mol. The van der Waals surface area contributed by atoms with Crippen LogP contribution in [-0.4, -0.2) is 110 Å². The van der Waals surface area contributed by atoms with Crippen LogP contribution in [0.5, 0.6) is 0 Å². The quantitative estimate of drug-likeness (QED) is 0.0215. The summed E-state index contributed by atoms with van der Waals surface area (Å²) in [6.45, 7) is 3.49. The minimum atomic E-state index is -1.68. The standard InChI is InChI=1S/C77H145NO10/c1-3-5-7-9-11-13-15-17-19-21-23-25-27-29-31-33-34-35-37-38-40-42-44-46-48-50-52-54-56-58-60-62-64-69(80)72(82)68(67-87-77-75(85)74(84)73(83)71(66-79)88-77)78-76(86)70(81)65-63-61-59-57-55-53-51-49-47-45-43-41-39-36-32-30-28-26-24-22-20-18-16-14-12-10-8-6-4-2/h30,32,40,42,48,50,56,58,68-75,77,79-85H,3-29,31,33-39,41,43-47,49,51-55,57,59-67H2,1-2H3,(H,78,86)/b32-30-,42-40+,50-48+,58-56+. The van der Waals surface area contributed by atoms with Gasteiger partial charge in [-0.15, -0.1) is 0 Å². The van der Waals surface area contributed by atoms with Crippen LogP contribution in [-0.2, 0) is 14.3 Å². The lowest BCUT2D eigenvalue weighted by molar-refractivity contribution is -0.303. The second kappa shape index (κ2) is 65.1. The first-order valence-electron chi connectivity index (χ1n) is 38.0. The number of carbonyl (C=O) groups excluding carboxylic acids is 1. The van der Waals surface area contributed by atoms with Crippen molar-refractivity contribution in [2.24, 2.45) is 0 Å². The minimum Gasteiger partial charge on any atom is -0.394 e. The molecule has 0 aromatic rings. The lowest BCUT2D eigenvalue weighted by atomic mass is 9.98. The Morgan fingerprint density at radius 2 is 0.682 bits per heavy atom. The minimum absolute atomic E-state index is 0.241. The summed E-state index contributed by atoms with van der Waals surface area (Å²) >= 11 is 0. The Labute approximate surface area is 542 Å². The number of ether oxygens (including phenoxy) is 2. The van der Waals surface area contributed by atoms with Crippen molar-refractivity contribution < 1.29 is 50.0 Å². The molecular weight excluding hydrogens is 1100 g/mol. The van der Waals surface area contributed by atoms with Crippen LogP contribution in [0.15, 0.2) is 48.6 Å². The fourth-order valence-electron chi connectivity index (χ4n) is 12.2. The maximum absolute atomic E-state index is 13.3. The van der Waals surface area contributed by atoms with Crippen molar-refractivity contribution in [3.8, 4) is 0 Å². The predicted molar refractivity (Wildman–Crippen MR) is 372 cm³/mol. The predicted octanol–water partition coefficient (Wildman–Crippen LogP) is 19.1. The summed E-state index contributed by atoms with van der Waals surface area (Å²) in [7, 11) is 0. The number of rotatable bonds is 67. The highest BCUT2D eigenvalue weighted by atomic mass is 16.7. The van der Waals surface area contributed by atoms with Crippen molar-refractivity contribution in [1.29, 1.82) is 0 Å². The molecule has 1 saturated heterocycles. The molecule has 9 unspecified atom stereocenters. The Balaban J connectivity index is 2.20. The van der Waals surface area contributed by atoms with Crippen molar-refractivity contribution in [3.63, 3.8) is 0 Å². The lowest BCUT2D eigenvalue weighted by Gasteiger charge is -2.40. The largest absolute Gasteiger partial charge is 0.394 e. The van der Waals surface area contributed by atoms with Crippen LogP contribution in [0.1, 0.15) is 367 Å². The van der Waals surface area contributed by atoms with E-state index in [0.717, 1.165) is 44.9 Å². The van der Waals surface area contributed by atoms with Crippen molar-refractivity contribution in [2.45, 2.75) is 422 Å². The summed E-state index contributed by atoms with van der Waals surface area (Å²) in [5.74, 6) is -0.708. The molecule has 1 amide bonds. The molecule has 0 radical (unpaired) electrons. The zero-order valence-electron chi connectivity index (χ0n) is 57.5. The van der Waals surface area contributed by atoms with E-state index in [9.17, 15) is 40.5 Å². The van der Waals surface area contributed by atoms with E-state index in [1.54, 1.807) is 0 Å². The van der Waals surface area contributed by atoms with Crippen molar-refractivity contribution >= 4 is 5.91 Å². The van der Waals surface area contributed by atoms with Gasteiger partial charge in [0.2, 0.25) is 5.91 Å². The Kier molecular flexibility index (Phi) is 62.2. The molecule has 0 aromatic heterocycles. The molecule has 0 saturated carbocycles. The van der Waals surface area contributed by atoms with Crippen LogP contribution >= 0.6 is 0 Å². The van der Waals surface area contributed by atoms with Gasteiger partial charge in [-0.2, -0.15) is 0 Å². The molecule has 1 heterocycles. The van der Waals surface area contributed by atoms with Gasteiger partial charge in [-0.1, -0.05) is 326 Å². The zero-order chi connectivity index (χ0) is 63.9. The van der Waals surface area contributed by atoms with E-state index >= 15 is 0 Å². The first-order valence-corrected chi connectivity index (χ1v) is 38.0. The summed E-state index contributed by atoms with van der Waals surface area (Å²) in [5, 5.41) is 76.6. The van der Waals surface area contributed by atoms with Gasteiger partial charge < -0.3 is 50.5 Å². The van der Waals surface area contributed by atoms with Gasteiger partial charge in [0.1, 0.15) is 36.6 Å². The lowest BCUT2D eigenvalue weighted by Crippen LogP contribution is -2.60. The summed E-state index contributed by atoms with van der Waals surface area (Å²) in [5.41, 5.74) is 0. The van der Waals surface area contributed by atoms with Gasteiger partial charge in [0.15, 0.2) is 6.29 Å². The zero-order valence-corrected chi connectivity index (χ0v) is 57.5. The van der Waals surface area contributed by atoms with Gasteiger partial charge in [-0.05, 0) is 89.9 Å². The number of aliphatic hydroxyl groups excluding tert-OH is 7. The number of carbonyl (C=O) groups is 1. The normalized spacial score (nSPS) is 18.9. The maximum Gasteiger partial charge on any atom is 0.249 e. The molecule has 11 nitrogen and oxygen atoms in total. The number of hydrogen-bond acceptors (Lipinski definition) is 10. The second-order valence-corrected chi connectivity index (χ2v) is 26.7. The molecular formula is C77H145NO10. The number of nitrogens with one attached hydrogen (secondary N) is 1. The molecule has 88 heavy (non-hydrogen) atoms. The third-order valence-corrected chi connectivity index (χ3v) is 18.3. The summed E-state index contributed by atoms with van der Waals surface area (Å²) < 4.78 is 11.2. The molecule has 1 rings (SSSR count). The smallest absolute Gasteiger partial charge is 0.249 e. The number of unbranched alkanes of at least 4 members (excludes halogenated alkanes) is 47. The summed E-state index contributed by atoms with van der Waals surface area (Å²) in [6, 6.07) is -1.20. The highest BCUT2D eigenvalue weighted by molar-refractivity contribution is 5.80. The molecule has 8 N–H and O–H groups in total. The van der Waals surface area contributed by atoms with E-state index in [2.05, 4.69) is 67.8 Å². The molecule has 518 valence electrons. The average molecular weight is 1250 g/mol. The number of allylic oxidation sites excluding steroid dienone is 8. The van der Waals surface area contributed by atoms with Gasteiger partial charge >= 0.3 is 0 Å². The second-order valence-electron chi connectivity index (χ2n) is 26.7. The highest BCUT2D eigenvalue weighted by Crippen LogP contribution is 2.24. The van der Waals surface area contributed by atoms with E-state index in [0.29, 0.717) is 19.3 Å². The number of amides is 1. The van der Waals surface area contributed by atoms with Crippen LogP contribution < -0.4 is 5.32 Å². The molecule has 0 bridgehead atoms. The van der Waals surface area contributed by atoms with Crippen molar-refractivity contribution in [2.75, 3.05) is 13.2 Å². The van der Waals surface area contributed by atoms with Crippen LogP contribution in [0.3, 0.4) is 0 Å². The van der Waals surface area contributed by atoms with E-state index < -0.39 is 74.2 Å². The Morgan fingerprint density at radius 3 is 1.01 bits per heavy atom. The van der Waals surface area contributed by atoms with Gasteiger partial charge in [-0.25, -0.2) is 0 Å². The molecule has 0 aromatic carbocycles. The SMILES string of the molecule is CCCCCCCCCCCCCC/C=C\CCCCCCCCCCCCCCCC(O)C(=O)NC(COC1OC(CO)C(O)C(O)C1O)C(O)C(O)CCC/C=C/CC/C=C/CC/C=C/CCCCCCCCCCCCCCCCCCCCC. The van der Waals surface area contributed by atoms with E-state index in [-0.39, 0.29) is 12.8 Å². The van der Waals surface area contributed by atoms with Crippen LogP contribution in [0.4, 0.5) is 0 Å². The third kappa shape index (κ3) is 51.6. The molecule has 11 heteroatoms. The molecule has 1 fully saturated rings. The first kappa shape index (κ1) is 84.1.